The monoisotopic (exact) mass is 260 g/mol. The molecule has 3 N–H and O–H groups in total. The number of hydrogen-bond acceptors (Lipinski definition) is 4. The maximum Gasteiger partial charge on any atom is 0.161 e. The van der Waals surface area contributed by atoms with Crippen molar-refractivity contribution in [2.24, 2.45) is 23.6 Å². The molecule has 4 rings (SSSR count). The smallest absolute Gasteiger partial charge is 0.161 e. The van der Waals surface area contributed by atoms with Gasteiger partial charge in [0.05, 0.1) is 0 Å². The average molecular weight is 260 g/mol. The Hall–Kier alpha value is -1.26. The summed E-state index contributed by atoms with van der Waals surface area (Å²) in [5.41, 5.74) is 4.23. The van der Waals surface area contributed by atoms with E-state index in [0.29, 0.717) is 19.1 Å². The van der Waals surface area contributed by atoms with Crippen molar-refractivity contribution in [1.29, 1.82) is 0 Å². The van der Waals surface area contributed by atoms with Crippen molar-refractivity contribution in [3.05, 3.63) is 23.8 Å². The van der Waals surface area contributed by atoms with Crippen LogP contribution in [0.3, 0.4) is 0 Å². The van der Waals surface area contributed by atoms with Gasteiger partial charge < -0.3 is 9.47 Å². The highest BCUT2D eigenvalue weighted by atomic mass is 16.6. The van der Waals surface area contributed by atoms with E-state index in [1.54, 1.807) is 0 Å². The molecule has 4 nitrogen and oxygen atoms in total. The summed E-state index contributed by atoms with van der Waals surface area (Å²) in [6, 6.07) is 6.44. The number of hydrogen-bond donors (Lipinski definition) is 2. The molecule has 0 radical (unpaired) electrons. The minimum absolute atomic E-state index is 0.239. The van der Waals surface area contributed by atoms with E-state index < -0.39 is 0 Å². The van der Waals surface area contributed by atoms with Crippen LogP contribution in [0.5, 0.6) is 11.5 Å². The zero-order chi connectivity index (χ0) is 12.8. The molecule has 1 aromatic rings. The van der Waals surface area contributed by atoms with Crippen LogP contribution < -0.4 is 20.7 Å². The standard InChI is InChI=1S/C15H20N2O2/c16-17-15(12-6-10-5-11(10)7-12)9-1-2-13-14(8-9)19-4-3-18-13/h1-2,8,10-12,15,17H,3-7,16H2. The first-order valence-corrected chi connectivity index (χ1v) is 7.21. The Kier molecular flexibility index (Phi) is 2.67. The van der Waals surface area contributed by atoms with Crippen LogP contribution in [-0.4, -0.2) is 13.2 Å². The van der Waals surface area contributed by atoms with Crippen molar-refractivity contribution in [3.8, 4) is 11.5 Å². The molecule has 102 valence electrons. The molecule has 19 heavy (non-hydrogen) atoms. The van der Waals surface area contributed by atoms with Gasteiger partial charge in [0, 0.05) is 6.04 Å². The van der Waals surface area contributed by atoms with E-state index >= 15 is 0 Å². The zero-order valence-corrected chi connectivity index (χ0v) is 11.0. The quantitative estimate of drug-likeness (QED) is 0.645. The van der Waals surface area contributed by atoms with Gasteiger partial charge in [0.25, 0.3) is 0 Å². The first-order valence-electron chi connectivity index (χ1n) is 7.21. The summed E-state index contributed by atoms with van der Waals surface area (Å²) in [6.45, 7) is 1.27. The third kappa shape index (κ3) is 1.99. The lowest BCUT2D eigenvalue weighted by Crippen LogP contribution is -2.33. The van der Waals surface area contributed by atoms with Crippen LogP contribution in [0.2, 0.25) is 0 Å². The number of benzene rings is 1. The van der Waals surface area contributed by atoms with Gasteiger partial charge in [0.1, 0.15) is 13.2 Å². The molecule has 3 aliphatic rings. The van der Waals surface area contributed by atoms with E-state index in [4.69, 9.17) is 15.3 Å². The van der Waals surface area contributed by atoms with Gasteiger partial charge >= 0.3 is 0 Å². The molecule has 2 fully saturated rings. The lowest BCUT2D eigenvalue weighted by molar-refractivity contribution is 0.171. The molecule has 1 heterocycles. The van der Waals surface area contributed by atoms with Crippen LogP contribution >= 0.6 is 0 Å². The van der Waals surface area contributed by atoms with Crippen LogP contribution in [0, 0.1) is 17.8 Å². The fourth-order valence-electron chi connectivity index (χ4n) is 3.79. The van der Waals surface area contributed by atoms with Crippen molar-refractivity contribution in [2.45, 2.75) is 25.3 Å². The Morgan fingerprint density at radius 3 is 2.53 bits per heavy atom. The van der Waals surface area contributed by atoms with Crippen molar-refractivity contribution in [2.75, 3.05) is 13.2 Å². The number of nitrogens with two attached hydrogens (primary N) is 1. The molecule has 1 aliphatic heterocycles. The fourth-order valence-corrected chi connectivity index (χ4v) is 3.79. The lowest BCUT2D eigenvalue weighted by Gasteiger charge is -2.26. The second kappa shape index (κ2) is 4.39. The summed E-state index contributed by atoms with van der Waals surface area (Å²) in [6.07, 6.45) is 4.07. The first-order chi connectivity index (χ1) is 9.35. The van der Waals surface area contributed by atoms with E-state index in [1.807, 2.05) is 6.07 Å². The molecule has 0 bridgehead atoms. The summed E-state index contributed by atoms with van der Waals surface area (Å²) < 4.78 is 11.2. The van der Waals surface area contributed by atoms with E-state index in [0.717, 1.165) is 23.3 Å². The number of hydrazine groups is 1. The van der Waals surface area contributed by atoms with E-state index in [9.17, 15) is 0 Å². The first kappa shape index (κ1) is 11.6. The SMILES string of the molecule is NNC(c1ccc2c(c1)OCCO2)C1CC2CC2C1. The number of rotatable bonds is 3. The Balaban J connectivity index is 1.58. The summed E-state index contributed by atoms with van der Waals surface area (Å²) in [5.74, 6) is 10.1. The van der Waals surface area contributed by atoms with Crippen molar-refractivity contribution >= 4 is 0 Å². The summed E-state index contributed by atoms with van der Waals surface area (Å²) in [7, 11) is 0. The average Bonchev–Trinajstić information content (AvgIpc) is 3.06. The molecule has 3 unspecified atom stereocenters. The Morgan fingerprint density at radius 2 is 1.79 bits per heavy atom. The molecule has 2 saturated carbocycles. The molecular weight excluding hydrogens is 240 g/mol. The summed E-state index contributed by atoms with van der Waals surface area (Å²) in [5, 5.41) is 0. The van der Waals surface area contributed by atoms with E-state index in [1.165, 1.54) is 24.8 Å². The highest BCUT2D eigenvalue weighted by Gasteiger charge is 2.48. The second-order valence-corrected chi connectivity index (χ2v) is 6.03. The maximum absolute atomic E-state index is 5.80. The Morgan fingerprint density at radius 1 is 1.05 bits per heavy atom. The molecule has 2 aliphatic carbocycles. The van der Waals surface area contributed by atoms with Gasteiger partial charge in [-0.15, -0.1) is 0 Å². The molecule has 0 spiro atoms. The van der Waals surface area contributed by atoms with Gasteiger partial charge in [-0.2, -0.15) is 0 Å². The highest BCUT2D eigenvalue weighted by Crippen LogP contribution is 2.57. The number of fused-ring (bicyclic) bond motifs is 2. The minimum Gasteiger partial charge on any atom is -0.486 e. The topological polar surface area (TPSA) is 56.5 Å². The predicted molar refractivity (Wildman–Crippen MR) is 71.8 cm³/mol. The molecule has 0 saturated heterocycles. The van der Waals surface area contributed by atoms with Gasteiger partial charge in [0.2, 0.25) is 0 Å². The largest absolute Gasteiger partial charge is 0.486 e. The lowest BCUT2D eigenvalue weighted by atomic mass is 9.89. The molecule has 0 aromatic heterocycles. The van der Waals surface area contributed by atoms with Crippen molar-refractivity contribution in [3.63, 3.8) is 0 Å². The number of nitrogens with one attached hydrogen (secondary N) is 1. The third-order valence-corrected chi connectivity index (χ3v) is 4.86. The normalized spacial score (nSPS) is 32.8. The second-order valence-electron chi connectivity index (χ2n) is 6.03. The molecule has 4 heteroatoms. The molecule has 1 aromatic carbocycles. The van der Waals surface area contributed by atoms with E-state index in [2.05, 4.69) is 17.6 Å². The van der Waals surface area contributed by atoms with Crippen LogP contribution in [-0.2, 0) is 0 Å². The Labute approximate surface area is 113 Å². The molecule has 3 atom stereocenters. The van der Waals surface area contributed by atoms with Crippen LogP contribution in [0.4, 0.5) is 0 Å². The van der Waals surface area contributed by atoms with Crippen molar-refractivity contribution < 1.29 is 9.47 Å². The van der Waals surface area contributed by atoms with Crippen molar-refractivity contribution in [1.82, 2.24) is 5.43 Å². The predicted octanol–water partition coefficient (Wildman–Crippen LogP) is 2.01. The zero-order valence-electron chi connectivity index (χ0n) is 11.0. The van der Waals surface area contributed by atoms with Gasteiger partial charge in [-0.1, -0.05) is 6.07 Å². The number of ether oxygens (including phenoxy) is 2. The minimum atomic E-state index is 0.239. The van der Waals surface area contributed by atoms with E-state index in [-0.39, 0.29) is 6.04 Å². The summed E-state index contributed by atoms with van der Waals surface area (Å²) >= 11 is 0. The maximum atomic E-state index is 5.80. The third-order valence-electron chi connectivity index (χ3n) is 4.86. The fraction of sp³-hybridized carbons (Fsp3) is 0.600. The van der Waals surface area contributed by atoms with Gasteiger partial charge in [-0.05, 0) is 54.7 Å². The van der Waals surface area contributed by atoms with Crippen LogP contribution in [0.1, 0.15) is 30.9 Å². The van der Waals surface area contributed by atoms with Gasteiger partial charge in [-0.3, -0.25) is 11.3 Å². The molecular formula is C15H20N2O2. The van der Waals surface area contributed by atoms with Gasteiger partial charge in [-0.25, -0.2) is 0 Å². The Bertz CT molecular complexity index is 481. The van der Waals surface area contributed by atoms with Gasteiger partial charge in [0.15, 0.2) is 11.5 Å². The van der Waals surface area contributed by atoms with Crippen LogP contribution in [0.25, 0.3) is 0 Å². The highest BCUT2D eigenvalue weighted by molar-refractivity contribution is 5.44. The summed E-state index contributed by atoms with van der Waals surface area (Å²) in [4.78, 5) is 0. The molecule has 0 amide bonds. The van der Waals surface area contributed by atoms with Crippen LogP contribution in [0.15, 0.2) is 18.2 Å².